The van der Waals surface area contributed by atoms with E-state index >= 15 is 0 Å². The van der Waals surface area contributed by atoms with Gasteiger partial charge in [0, 0.05) is 13.0 Å². The summed E-state index contributed by atoms with van der Waals surface area (Å²) in [5.41, 5.74) is 1.68. The number of hydrogen-bond donors (Lipinski definition) is 1. The average molecular weight is 314 g/mol. The van der Waals surface area contributed by atoms with Crippen LogP contribution in [0, 0.1) is 6.92 Å². The molecule has 1 atom stereocenters. The molecule has 1 aromatic heterocycles. The van der Waals surface area contributed by atoms with Crippen LogP contribution in [0.4, 0.5) is 0 Å². The number of methoxy groups -OCH3 is 1. The Morgan fingerprint density at radius 2 is 2.09 bits per heavy atom. The molecule has 1 aliphatic heterocycles. The maximum Gasteiger partial charge on any atom is 0.351 e. The first-order valence-corrected chi connectivity index (χ1v) is 7.44. The lowest BCUT2D eigenvalue weighted by atomic mass is 10.1. The van der Waals surface area contributed by atoms with Gasteiger partial charge in [0.25, 0.3) is 0 Å². The van der Waals surface area contributed by atoms with Crippen molar-refractivity contribution in [3.05, 3.63) is 51.7 Å². The first kappa shape index (κ1) is 15.2. The Balaban J connectivity index is 1.92. The lowest BCUT2D eigenvalue weighted by Gasteiger charge is -2.24. The molecule has 1 unspecified atom stereocenters. The first-order chi connectivity index (χ1) is 11.1. The van der Waals surface area contributed by atoms with Crippen molar-refractivity contribution in [2.45, 2.75) is 32.4 Å². The summed E-state index contributed by atoms with van der Waals surface area (Å²) in [5, 5.41) is 0. The van der Waals surface area contributed by atoms with Crippen molar-refractivity contribution in [1.29, 1.82) is 0 Å². The predicted octanol–water partition coefficient (Wildman–Crippen LogP) is 1.35. The molecule has 1 fully saturated rings. The summed E-state index contributed by atoms with van der Waals surface area (Å²) in [5.74, 6) is 0.470. The molecule has 3 rings (SSSR count). The number of nitrogens with zero attached hydrogens (tertiary/aromatic N) is 3. The van der Waals surface area contributed by atoms with Crippen LogP contribution in [0.15, 0.2) is 29.1 Å². The van der Waals surface area contributed by atoms with Crippen LogP contribution >= 0.6 is 0 Å². The minimum Gasteiger partial charge on any atom is -0.467 e. The largest absolute Gasteiger partial charge is 0.467 e. The van der Waals surface area contributed by atoms with Gasteiger partial charge in [-0.1, -0.05) is 24.3 Å². The van der Waals surface area contributed by atoms with Gasteiger partial charge in [0.2, 0.25) is 5.91 Å². The van der Waals surface area contributed by atoms with Gasteiger partial charge in [-0.25, -0.2) is 4.79 Å². The Labute approximate surface area is 133 Å². The number of aromatic amines is 1. The van der Waals surface area contributed by atoms with E-state index in [0.29, 0.717) is 25.2 Å². The Morgan fingerprint density at radius 1 is 1.30 bits per heavy atom. The number of carbonyl (C=O) groups excluding carboxylic acids is 1. The number of likely N-dealkylation sites (tertiary alicyclic amines) is 1. The molecule has 1 aromatic carbocycles. The van der Waals surface area contributed by atoms with Crippen molar-refractivity contribution in [3.8, 4) is 6.01 Å². The predicted molar refractivity (Wildman–Crippen MR) is 82.9 cm³/mol. The van der Waals surface area contributed by atoms with E-state index in [1.54, 1.807) is 4.90 Å². The minimum atomic E-state index is -0.526. The summed E-state index contributed by atoms with van der Waals surface area (Å²) in [6, 6.07) is 7.68. The van der Waals surface area contributed by atoms with Gasteiger partial charge < -0.3 is 9.64 Å². The third-order valence-electron chi connectivity index (χ3n) is 4.08. The second kappa shape index (κ2) is 6.20. The Hall–Kier alpha value is -2.70. The van der Waals surface area contributed by atoms with E-state index in [0.717, 1.165) is 11.1 Å². The van der Waals surface area contributed by atoms with Crippen LogP contribution in [0.5, 0.6) is 6.01 Å². The molecule has 1 N–H and O–H groups in total. The molecule has 0 radical (unpaired) electrons. The summed E-state index contributed by atoms with van der Waals surface area (Å²) in [6.07, 6.45) is 1.05. The fourth-order valence-corrected chi connectivity index (χ4v) is 2.82. The average Bonchev–Trinajstić information content (AvgIpc) is 2.90. The smallest absolute Gasteiger partial charge is 0.351 e. The van der Waals surface area contributed by atoms with E-state index in [1.165, 1.54) is 7.11 Å². The fourth-order valence-electron chi connectivity index (χ4n) is 2.82. The number of carbonyl (C=O) groups is 1. The summed E-state index contributed by atoms with van der Waals surface area (Å²) < 4.78 is 4.95. The quantitative estimate of drug-likeness (QED) is 0.920. The topological polar surface area (TPSA) is 88.2 Å². The molecule has 0 saturated carbocycles. The van der Waals surface area contributed by atoms with Crippen molar-refractivity contribution in [2.24, 2.45) is 0 Å². The lowest BCUT2D eigenvalue weighted by Crippen LogP contribution is -2.30. The second-order valence-electron chi connectivity index (χ2n) is 5.53. The number of hydrogen-bond acceptors (Lipinski definition) is 5. The summed E-state index contributed by atoms with van der Waals surface area (Å²) >= 11 is 0. The highest BCUT2D eigenvalue weighted by Crippen LogP contribution is 2.32. The van der Waals surface area contributed by atoms with Crippen molar-refractivity contribution in [1.82, 2.24) is 19.9 Å². The van der Waals surface area contributed by atoms with Crippen LogP contribution in [0.3, 0.4) is 0 Å². The van der Waals surface area contributed by atoms with Gasteiger partial charge in [-0.3, -0.25) is 9.78 Å². The third-order valence-corrected chi connectivity index (χ3v) is 4.08. The molecule has 7 nitrogen and oxygen atoms in total. The summed E-state index contributed by atoms with van der Waals surface area (Å²) in [7, 11) is 1.41. The molecule has 1 aliphatic rings. The molecule has 120 valence electrons. The van der Waals surface area contributed by atoms with Crippen LogP contribution in [0.2, 0.25) is 0 Å². The number of rotatable bonds is 4. The standard InChI is InChI=1S/C16H18N4O3/c1-10-5-3-4-6-11(10)9-20-12(7-8-13(20)21)14-17-15(22)19-16(18-14)23-2/h3-6,12H,7-9H2,1-2H3,(H,17,18,19,22). The van der Waals surface area contributed by atoms with Gasteiger partial charge in [-0.2, -0.15) is 4.98 Å². The molecule has 0 bridgehead atoms. The van der Waals surface area contributed by atoms with Crippen LogP contribution in [0.1, 0.15) is 35.8 Å². The maximum absolute atomic E-state index is 12.3. The first-order valence-electron chi connectivity index (χ1n) is 7.44. The molecule has 0 spiro atoms. The zero-order chi connectivity index (χ0) is 16.4. The van der Waals surface area contributed by atoms with Crippen LogP contribution in [0.25, 0.3) is 0 Å². The van der Waals surface area contributed by atoms with Crippen LogP contribution < -0.4 is 10.4 Å². The van der Waals surface area contributed by atoms with Gasteiger partial charge in [0.15, 0.2) is 0 Å². The van der Waals surface area contributed by atoms with E-state index in [4.69, 9.17) is 4.74 Å². The number of ether oxygens (including phenoxy) is 1. The number of aromatic nitrogens is 3. The van der Waals surface area contributed by atoms with E-state index in [1.807, 2.05) is 31.2 Å². The summed E-state index contributed by atoms with van der Waals surface area (Å²) in [6.45, 7) is 2.50. The zero-order valence-electron chi connectivity index (χ0n) is 13.1. The second-order valence-corrected chi connectivity index (χ2v) is 5.53. The molecule has 0 aliphatic carbocycles. The van der Waals surface area contributed by atoms with E-state index in [2.05, 4.69) is 15.0 Å². The number of amides is 1. The van der Waals surface area contributed by atoms with Crippen molar-refractivity contribution in [3.63, 3.8) is 0 Å². The number of benzene rings is 1. The normalized spacial score (nSPS) is 17.6. The molecule has 7 heteroatoms. The SMILES string of the molecule is COc1nc(C2CCC(=O)N2Cc2ccccc2C)[nH]c(=O)n1. The highest BCUT2D eigenvalue weighted by Gasteiger charge is 2.34. The molecular formula is C16H18N4O3. The zero-order valence-corrected chi connectivity index (χ0v) is 13.1. The Bertz CT molecular complexity index is 787. The lowest BCUT2D eigenvalue weighted by molar-refractivity contribution is -0.129. The molecular weight excluding hydrogens is 296 g/mol. The van der Waals surface area contributed by atoms with Crippen molar-refractivity contribution >= 4 is 5.91 Å². The van der Waals surface area contributed by atoms with Gasteiger partial charge >= 0.3 is 11.7 Å². The van der Waals surface area contributed by atoms with Gasteiger partial charge in [0.05, 0.1) is 13.2 Å². The highest BCUT2D eigenvalue weighted by molar-refractivity contribution is 5.78. The van der Waals surface area contributed by atoms with E-state index in [-0.39, 0.29) is 18.0 Å². The maximum atomic E-state index is 12.3. The van der Waals surface area contributed by atoms with Crippen molar-refractivity contribution in [2.75, 3.05) is 7.11 Å². The number of aryl methyl sites for hydroxylation is 1. The molecule has 2 heterocycles. The molecule has 23 heavy (non-hydrogen) atoms. The Morgan fingerprint density at radius 3 is 2.83 bits per heavy atom. The van der Waals surface area contributed by atoms with Gasteiger partial charge in [0.1, 0.15) is 5.82 Å². The van der Waals surface area contributed by atoms with Crippen LogP contribution in [-0.4, -0.2) is 32.9 Å². The van der Waals surface area contributed by atoms with Crippen LogP contribution in [-0.2, 0) is 11.3 Å². The molecule has 1 saturated heterocycles. The summed E-state index contributed by atoms with van der Waals surface area (Å²) in [4.78, 5) is 36.1. The molecule has 2 aromatic rings. The molecule has 1 amide bonds. The van der Waals surface area contributed by atoms with Gasteiger partial charge in [-0.05, 0) is 24.5 Å². The number of nitrogens with one attached hydrogen (secondary N) is 1. The fraction of sp³-hybridized carbons (Fsp3) is 0.375. The Kier molecular flexibility index (Phi) is 4.10. The van der Waals surface area contributed by atoms with Gasteiger partial charge in [-0.15, -0.1) is 4.98 Å². The third kappa shape index (κ3) is 3.08. The minimum absolute atomic E-state index is 0.0129. The highest BCUT2D eigenvalue weighted by atomic mass is 16.5. The monoisotopic (exact) mass is 314 g/mol. The number of H-pyrrole nitrogens is 1. The van der Waals surface area contributed by atoms with E-state index < -0.39 is 5.69 Å². The van der Waals surface area contributed by atoms with E-state index in [9.17, 15) is 9.59 Å². The van der Waals surface area contributed by atoms with Crippen molar-refractivity contribution < 1.29 is 9.53 Å².